The number of rotatable bonds is 4. The van der Waals surface area contributed by atoms with Crippen molar-refractivity contribution in [3.8, 4) is 0 Å². The first-order valence-electron chi connectivity index (χ1n) is 4.75. The Labute approximate surface area is 97.5 Å². The standard InChI is InChI=1S/C11H12N2S2/c12-6-5-9-1-3-10(4-2-9)15-11-13-7-8-14-11/h1-4,7-8H,5-6,12H2. The topological polar surface area (TPSA) is 38.9 Å². The molecule has 4 heteroatoms. The van der Waals surface area contributed by atoms with E-state index in [1.165, 1.54) is 10.5 Å². The second-order valence-electron chi connectivity index (χ2n) is 3.08. The maximum absolute atomic E-state index is 5.49. The quantitative estimate of drug-likeness (QED) is 0.887. The number of nitrogens with zero attached hydrogens (tertiary/aromatic N) is 1. The molecule has 0 atom stereocenters. The van der Waals surface area contributed by atoms with E-state index in [-0.39, 0.29) is 0 Å². The van der Waals surface area contributed by atoms with Gasteiger partial charge < -0.3 is 5.73 Å². The van der Waals surface area contributed by atoms with Crippen LogP contribution in [0.5, 0.6) is 0 Å². The molecule has 1 aromatic carbocycles. The smallest absolute Gasteiger partial charge is 0.154 e. The van der Waals surface area contributed by atoms with Crippen LogP contribution in [0.3, 0.4) is 0 Å². The molecule has 1 heterocycles. The van der Waals surface area contributed by atoms with Gasteiger partial charge in [-0.3, -0.25) is 0 Å². The lowest BCUT2D eigenvalue weighted by Gasteiger charge is -2.00. The molecule has 0 fully saturated rings. The SMILES string of the molecule is NCCc1ccc(Sc2nccs2)cc1. The van der Waals surface area contributed by atoms with Crippen LogP contribution in [-0.4, -0.2) is 11.5 Å². The van der Waals surface area contributed by atoms with Crippen LogP contribution >= 0.6 is 23.1 Å². The highest BCUT2D eigenvalue weighted by molar-refractivity contribution is 8.01. The van der Waals surface area contributed by atoms with Crippen LogP contribution in [0.1, 0.15) is 5.56 Å². The number of hydrogen-bond acceptors (Lipinski definition) is 4. The van der Waals surface area contributed by atoms with Crippen molar-refractivity contribution in [2.24, 2.45) is 5.73 Å². The molecule has 0 aliphatic rings. The van der Waals surface area contributed by atoms with Crippen LogP contribution in [0.2, 0.25) is 0 Å². The molecule has 2 aromatic rings. The molecule has 78 valence electrons. The predicted molar refractivity (Wildman–Crippen MR) is 65.4 cm³/mol. The molecule has 0 saturated heterocycles. The van der Waals surface area contributed by atoms with E-state index in [2.05, 4.69) is 29.2 Å². The van der Waals surface area contributed by atoms with Crippen LogP contribution in [-0.2, 0) is 6.42 Å². The normalized spacial score (nSPS) is 10.5. The summed E-state index contributed by atoms with van der Waals surface area (Å²) in [6, 6.07) is 8.50. The molecular weight excluding hydrogens is 224 g/mol. The van der Waals surface area contributed by atoms with Gasteiger partial charge >= 0.3 is 0 Å². The minimum Gasteiger partial charge on any atom is -0.330 e. The van der Waals surface area contributed by atoms with Gasteiger partial charge in [0.25, 0.3) is 0 Å². The number of thiazole rings is 1. The fraction of sp³-hybridized carbons (Fsp3) is 0.182. The van der Waals surface area contributed by atoms with Crippen LogP contribution < -0.4 is 5.73 Å². The summed E-state index contributed by atoms with van der Waals surface area (Å²) in [5.41, 5.74) is 6.79. The molecule has 0 spiro atoms. The van der Waals surface area contributed by atoms with Crippen LogP contribution in [0.25, 0.3) is 0 Å². The van der Waals surface area contributed by atoms with Gasteiger partial charge in [0, 0.05) is 16.5 Å². The van der Waals surface area contributed by atoms with Gasteiger partial charge in [-0.05, 0) is 30.7 Å². The highest BCUT2D eigenvalue weighted by Crippen LogP contribution is 2.28. The Morgan fingerprint density at radius 3 is 2.67 bits per heavy atom. The van der Waals surface area contributed by atoms with Crippen molar-refractivity contribution in [2.75, 3.05) is 6.54 Å². The molecule has 0 amide bonds. The van der Waals surface area contributed by atoms with Crippen molar-refractivity contribution in [3.05, 3.63) is 41.4 Å². The summed E-state index contributed by atoms with van der Waals surface area (Å²) in [4.78, 5) is 5.46. The summed E-state index contributed by atoms with van der Waals surface area (Å²) < 4.78 is 1.08. The van der Waals surface area contributed by atoms with Crippen LogP contribution in [0, 0.1) is 0 Å². The highest BCUT2D eigenvalue weighted by Gasteiger charge is 1.99. The Morgan fingerprint density at radius 2 is 2.07 bits per heavy atom. The number of nitrogens with two attached hydrogens (primary N) is 1. The third-order valence-corrected chi connectivity index (χ3v) is 3.86. The fourth-order valence-electron chi connectivity index (χ4n) is 1.25. The zero-order valence-corrected chi connectivity index (χ0v) is 9.85. The molecule has 0 radical (unpaired) electrons. The molecule has 1 aromatic heterocycles. The average Bonchev–Trinajstić information content (AvgIpc) is 2.74. The van der Waals surface area contributed by atoms with E-state index in [1.807, 2.05) is 11.6 Å². The Kier molecular flexibility index (Phi) is 3.77. The van der Waals surface area contributed by atoms with Gasteiger partial charge in [0.05, 0.1) is 0 Å². The predicted octanol–water partition coefficient (Wildman–Crippen LogP) is 2.80. The maximum atomic E-state index is 5.49. The maximum Gasteiger partial charge on any atom is 0.154 e. The van der Waals surface area contributed by atoms with E-state index in [9.17, 15) is 0 Å². The fourth-order valence-corrected chi connectivity index (χ4v) is 2.85. The Balaban J connectivity index is 2.04. The molecule has 0 aliphatic heterocycles. The Hall–Kier alpha value is -0.840. The Bertz CT molecular complexity index is 395. The van der Waals surface area contributed by atoms with Crippen LogP contribution in [0.4, 0.5) is 0 Å². The third-order valence-electron chi connectivity index (χ3n) is 1.97. The summed E-state index contributed by atoms with van der Waals surface area (Å²) in [5.74, 6) is 0. The second kappa shape index (κ2) is 5.30. The largest absolute Gasteiger partial charge is 0.330 e. The third kappa shape index (κ3) is 3.06. The lowest BCUT2D eigenvalue weighted by molar-refractivity contribution is 0.966. The van der Waals surface area contributed by atoms with E-state index in [0.717, 1.165) is 10.8 Å². The van der Waals surface area contributed by atoms with Gasteiger partial charge in [0.15, 0.2) is 4.34 Å². The first kappa shape index (κ1) is 10.7. The molecule has 0 aliphatic carbocycles. The summed E-state index contributed by atoms with van der Waals surface area (Å²) >= 11 is 3.36. The van der Waals surface area contributed by atoms with Crippen molar-refractivity contribution in [3.63, 3.8) is 0 Å². The van der Waals surface area contributed by atoms with E-state index >= 15 is 0 Å². The van der Waals surface area contributed by atoms with E-state index < -0.39 is 0 Å². The molecule has 2 rings (SSSR count). The summed E-state index contributed by atoms with van der Waals surface area (Å²) in [7, 11) is 0. The molecule has 0 bridgehead atoms. The number of aromatic nitrogens is 1. The first-order valence-corrected chi connectivity index (χ1v) is 6.44. The summed E-state index contributed by atoms with van der Waals surface area (Å²) in [5, 5.41) is 1.99. The van der Waals surface area contributed by atoms with Crippen LogP contribution in [0.15, 0.2) is 45.1 Å². The zero-order valence-electron chi connectivity index (χ0n) is 8.22. The van der Waals surface area contributed by atoms with Crippen molar-refractivity contribution in [1.82, 2.24) is 4.98 Å². The first-order chi connectivity index (χ1) is 7.38. The van der Waals surface area contributed by atoms with Crippen molar-refractivity contribution < 1.29 is 0 Å². The van der Waals surface area contributed by atoms with Crippen molar-refractivity contribution in [2.45, 2.75) is 15.7 Å². The second-order valence-corrected chi connectivity index (χ2v) is 5.30. The number of hydrogen-bond donors (Lipinski definition) is 1. The monoisotopic (exact) mass is 236 g/mol. The molecule has 2 nitrogen and oxygen atoms in total. The molecule has 0 saturated carbocycles. The van der Waals surface area contributed by atoms with Gasteiger partial charge in [-0.1, -0.05) is 23.9 Å². The number of benzene rings is 1. The van der Waals surface area contributed by atoms with Crippen molar-refractivity contribution >= 4 is 23.1 Å². The van der Waals surface area contributed by atoms with Gasteiger partial charge in [0.1, 0.15) is 0 Å². The molecule has 0 unspecified atom stereocenters. The zero-order chi connectivity index (χ0) is 10.5. The lowest BCUT2D eigenvalue weighted by atomic mass is 10.2. The summed E-state index contributed by atoms with van der Waals surface area (Å²) in [6.45, 7) is 0.707. The molecular formula is C11H12N2S2. The average molecular weight is 236 g/mol. The van der Waals surface area contributed by atoms with E-state index in [4.69, 9.17) is 5.73 Å². The highest BCUT2D eigenvalue weighted by atomic mass is 32.2. The minimum absolute atomic E-state index is 0.707. The van der Waals surface area contributed by atoms with Gasteiger partial charge in [-0.2, -0.15) is 0 Å². The summed E-state index contributed by atoms with van der Waals surface area (Å²) in [6.07, 6.45) is 2.78. The van der Waals surface area contributed by atoms with Gasteiger partial charge in [-0.15, -0.1) is 11.3 Å². The molecule has 2 N–H and O–H groups in total. The van der Waals surface area contributed by atoms with Crippen molar-refractivity contribution in [1.29, 1.82) is 0 Å². The van der Waals surface area contributed by atoms with E-state index in [0.29, 0.717) is 6.54 Å². The van der Waals surface area contributed by atoms with Gasteiger partial charge in [0.2, 0.25) is 0 Å². The Morgan fingerprint density at radius 1 is 1.27 bits per heavy atom. The molecule has 15 heavy (non-hydrogen) atoms. The lowest BCUT2D eigenvalue weighted by Crippen LogP contribution is -2.02. The van der Waals surface area contributed by atoms with Gasteiger partial charge in [-0.25, -0.2) is 4.98 Å². The van der Waals surface area contributed by atoms with E-state index in [1.54, 1.807) is 23.1 Å². The minimum atomic E-state index is 0.707.